The maximum atomic E-state index is 13.7. The largest absolute Gasteiger partial charge is 0.309 e. The molecule has 3 rings (SSSR count). The number of nitrogens with zero attached hydrogens (tertiary/aromatic N) is 2. The first kappa shape index (κ1) is 11.3. The Bertz CT molecular complexity index is 550. The maximum Gasteiger partial charge on any atom is 0.132 e. The second-order valence-corrected chi connectivity index (χ2v) is 4.46. The molecule has 92 valence electrons. The van der Waals surface area contributed by atoms with E-state index >= 15 is 0 Å². The minimum absolute atomic E-state index is 0.254. The first-order chi connectivity index (χ1) is 8.84. The molecule has 0 radical (unpaired) electrons. The van der Waals surface area contributed by atoms with E-state index in [0.717, 1.165) is 25.1 Å². The standard InChI is InChI=1S/C14H14FN3/c15-11-5-2-1-4-10(11)13-8-16-9-14(18-13)12-6-3-7-17-12/h1-2,4-5,8-9,12,17H,3,6-7H2. The van der Waals surface area contributed by atoms with Crippen molar-refractivity contribution in [3.63, 3.8) is 0 Å². The summed E-state index contributed by atoms with van der Waals surface area (Å²) in [4.78, 5) is 8.70. The van der Waals surface area contributed by atoms with Crippen LogP contribution >= 0.6 is 0 Å². The SMILES string of the molecule is Fc1ccccc1-c1cncc(C2CCCN2)n1. The van der Waals surface area contributed by atoms with Gasteiger partial charge in [-0.05, 0) is 31.5 Å². The van der Waals surface area contributed by atoms with E-state index in [2.05, 4.69) is 15.3 Å². The Balaban J connectivity index is 1.98. The fraction of sp³-hybridized carbons (Fsp3) is 0.286. The number of nitrogens with one attached hydrogen (secondary N) is 1. The molecule has 1 unspecified atom stereocenters. The highest BCUT2D eigenvalue weighted by Gasteiger charge is 2.18. The predicted molar refractivity (Wildman–Crippen MR) is 67.4 cm³/mol. The minimum Gasteiger partial charge on any atom is -0.309 e. The van der Waals surface area contributed by atoms with Crippen molar-refractivity contribution in [2.24, 2.45) is 0 Å². The normalized spacial score (nSPS) is 19.1. The molecule has 0 spiro atoms. The lowest BCUT2D eigenvalue weighted by Gasteiger charge is -2.10. The molecule has 0 aliphatic carbocycles. The quantitative estimate of drug-likeness (QED) is 0.881. The minimum atomic E-state index is -0.261. The van der Waals surface area contributed by atoms with Crippen LogP contribution in [-0.4, -0.2) is 16.5 Å². The molecule has 0 saturated carbocycles. The van der Waals surface area contributed by atoms with Crippen LogP contribution in [0.3, 0.4) is 0 Å². The predicted octanol–water partition coefficient (Wildman–Crippen LogP) is 2.71. The van der Waals surface area contributed by atoms with Gasteiger partial charge in [-0.3, -0.25) is 4.98 Å². The molecule has 1 aliphatic heterocycles. The van der Waals surface area contributed by atoms with Crippen molar-refractivity contribution in [1.82, 2.24) is 15.3 Å². The molecule has 1 fully saturated rings. The van der Waals surface area contributed by atoms with Crippen molar-refractivity contribution in [1.29, 1.82) is 0 Å². The van der Waals surface area contributed by atoms with Crippen LogP contribution in [0.4, 0.5) is 4.39 Å². The van der Waals surface area contributed by atoms with Gasteiger partial charge >= 0.3 is 0 Å². The zero-order valence-corrected chi connectivity index (χ0v) is 9.94. The van der Waals surface area contributed by atoms with Gasteiger partial charge in [0.2, 0.25) is 0 Å². The molecule has 1 saturated heterocycles. The molecular formula is C14H14FN3. The number of aromatic nitrogens is 2. The van der Waals surface area contributed by atoms with Crippen LogP contribution in [0, 0.1) is 5.82 Å². The lowest BCUT2D eigenvalue weighted by atomic mass is 10.1. The van der Waals surface area contributed by atoms with Crippen LogP contribution < -0.4 is 5.32 Å². The van der Waals surface area contributed by atoms with Crippen molar-refractivity contribution in [3.8, 4) is 11.3 Å². The summed E-state index contributed by atoms with van der Waals surface area (Å²) >= 11 is 0. The number of benzene rings is 1. The monoisotopic (exact) mass is 243 g/mol. The molecule has 1 aromatic carbocycles. The maximum absolute atomic E-state index is 13.7. The number of rotatable bonds is 2. The summed E-state index contributed by atoms with van der Waals surface area (Å²) in [5, 5.41) is 3.37. The molecule has 1 aromatic heterocycles. The van der Waals surface area contributed by atoms with Gasteiger partial charge in [-0.2, -0.15) is 0 Å². The van der Waals surface area contributed by atoms with Crippen LogP contribution in [0.5, 0.6) is 0 Å². The fourth-order valence-electron chi connectivity index (χ4n) is 2.28. The zero-order chi connectivity index (χ0) is 12.4. The third-order valence-corrected chi connectivity index (χ3v) is 3.22. The average Bonchev–Trinajstić information content (AvgIpc) is 2.93. The Morgan fingerprint density at radius 1 is 1.22 bits per heavy atom. The molecule has 3 nitrogen and oxygen atoms in total. The molecule has 2 aromatic rings. The molecule has 0 amide bonds. The third kappa shape index (κ3) is 2.11. The molecule has 1 N–H and O–H groups in total. The van der Waals surface area contributed by atoms with Crippen LogP contribution in [0.15, 0.2) is 36.7 Å². The molecule has 2 heterocycles. The highest BCUT2D eigenvalue weighted by Crippen LogP contribution is 2.24. The molecule has 1 aliphatic rings. The van der Waals surface area contributed by atoms with Gasteiger partial charge in [0.1, 0.15) is 5.82 Å². The number of hydrogen-bond acceptors (Lipinski definition) is 3. The van der Waals surface area contributed by atoms with Crippen molar-refractivity contribution < 1.29 is 4.39 Å². The van der Waals surface area contributed by atoms with Gasteiger partial charge in [-0.1, -0.05) is 12.1 Å². The lowest BCUT2D eigenvalue weighted by molar-refractivity contribution is 0.620. The van der Waals surface area contributed by atoms with Crippen LogP contribution in [0.25, 0.3) is 11.3 Å². The molecule has 1 atom stereocenters. The molecular weight excluding hydrogens is 229 g/mol. The smallest absolute Gasteiger partial charge is 0.132 e. The molecule has 0 bridgehead atoms. The van der Waals surface area contributed by atoms with Crippen LogP contribution in [0.2, 0.25) is 0 Å². The Morgan fingerprint density at radius 3 is 2.89 bits per heavy atom. The fourth-order valence-corrected chi connectivity index (χ4v) is 2.28. The van der Waals surface area contributed by atoms with Gasteiger partial charge in [-0.25, -0.2) is 9.37 Å². The van der Waals surface area contributed by atoms with Gasteiger partial charge in [0.15, 0.2) is 0 Å². The van der Waals surface area contributed by atoms with E-state index in [1.165, 1.54) is 6.07 Å². The van der Waals surface area contributed by atoms with Crippen molar-refractivity contribution in [3.05, 3.63) is 48.2 Å². The van der Waals surface area contributed by atoms with Crippen LogP contribution in [-0.2, 0) is 0 Å². The van der Waals surface area contributed by atoms with Gasteiger partial charge in [0, 0.05) is 5.56 Å². The zero-order valence-electron chi connectivity index (χ0n) is 9.94. The molecule has 18 heavy (non-hydrogen) atoms. The third-order valence-electron chi connectivity index (χ3n) is 3.22. The number of hydrogen-bond donors (Lipinski definition) is 1. The summed E-state index contributed by atoms with van der Waals surface area (Å²) in [6.07, 6.45) is 5.58. The van der Waals surface area contributed by atoms with E-state index in [-0.39, 0.29) is 11.9 Å². The Labute approximate surface area is 105 Å². The Kier molecular flexibility index (Phi) is 3.02. The average molecular weight is 243 g/mol. The highest BCUT2D eigenvalue weighted by molar-refractivity contribution is 5.58. The first-order valence-corrected chi connectivity index (χ1v) is 6.15. The van der Waals surface area contributed by atoms with Gasteiger partial charge in [0.05, 0.1) is 29.8 Å². The summed E-state index contributed by atoms with van der Waals surface area (Å²) in [5.41, 5.74) is 2.00. The van der Waals surface area contributed by atoms with Crippen molar-refractivity contribution in [2.45, 2.75) is 18.9 Å². The van der Waals surface area contributed by atoms with E-state index in [4.69, 9.17) is 0 Å². The lowest BCUT2D eigenvalue weighted by Crippen LogP contribution is -2.14. The summed E-state index contributed by atoms with van der Waals surface area (Å²) in [6, 6.07) is 6.90. The summed E-state index contributed by atoms with van der Waals surface area (Å²) in [5.74, 6) is -0.261. The Hall–Kier alpha value is -1.81. The first-order valence-electron chi connectivity index (χ1n) is 6.15. The number of halogens is 1. The summed E-state index contributed by atoms with van der Waals surface area (Å²) in [7, 11) is 0. The Morgan fingerprint density at radius 2 is 2.11 bits per heavy atom. The summed E-state index contributed by atoms with van der Waals surface area (Å²) in [6.45, 7) is 1.01. The van der Waals surface area contributed by atoms with E-state index < -0.39 is 0 Å². The van der Waals surface area contributed by atoms with Gasteiger partial charge in [-0.15, -0.1) is 0 Å². The van der Waals surface area contributed by atoms with Gasteiger partial charge < -0.3 is 5.32 Å². The second kappa shape index (κ2) is 4.82. The van der Waals surface area contributed by atoms with E-state index in [1.54, 1.807) is 30.6 Å². The van der Waals surface area contributed by atoms with Gasteiger partial charge in [0.25, 0.3) is 0 Å². The van der Waals surface area contributed by atoms with Crippen molar-refractivity contribution in [2.75, 3.05) is 6.54 Å². The highest BCUT2D eigenvalue weighted by atomic mass is 19.1. The van der Waals surface area contributed by atoms with Crippen molar-refractivity contribution >= 4 is 0 Å². The molecule has 4 heteroatoms. The van der Waals surface area contributed by atoms with Crippen LogP contribution in [0.1, 0.15) is 24.6 Å². The van der Waals surface area contributed by atoms with E-state index in [1.807, 2.05) is 0 Å². The second-order valence-electron chi connectivity index (χ2n) is 4.46. The topological polar surface area (TPSA) is 37.8 Å². The summed E-state index contributed by atoms with van der Waals surface area (Å²) < 4.78 is 13.7. The van der Waals surface area contributed by atoms with E-state index in [9.17, 15) is 4.39 Å². The van der Waals surface area contributed by atoms with E-state index in [0.29, 0.717) is 11.3 Å².